The Kier molecular flexibility index (Phi) is 5.84. The molecule has 3 amide bonds. The van der Waals surface area contributed by atoms with Gasteiger partial charge in [-0.2, -0.15) is 0 Å². The molecule has 1 atom stereocenters. The van der Waals surface area contributed by atoms with Crippen LogP contribution >= 0.6 is 0 Å². The molecule has 0 unspecified atom stereocenters. The first kappa shape index (κ1) is 17.9. The summed E-state index contributed by atoms with van der Waals surface area (Å²) in [5.41, 5.74) is 3.11. The second-order valence-electron chi connectivity index (χ2n) is 6.67. The zero-order valence-corrected chi connectivity index (χ0v) is 14.9. The lowest BCUT2D eigenvalue weighted by atomic mass is 10.1. The van der Waals surface area contributed by atoms with Crippen LogP contribution in [0.4, 0.5) is 10.5 Å². The number of amides is 3. The first-order valence-corrected chi connectivity index (χ1v) is 8.93. The van der Waals surface area contributed by atoms with Crippen molar-refractivity contribution in [3.05, 3.63) is 59.9 Å². The second kappa shape index (κ2) is 8.47. The molecule has 1 saturated heterocycles. The number of likely N-dealkylation sites (tertiary alicyclic amines) is 1. The molecule has 1 aromatic carbocycles. The molecule has 136 valence electrons. The molecule has 0 saturated carbocycles. The second-order valence-corrected chi connectivity index (χ2v) is 6.67. The molecule has 1 fully saturated rings. The average molecular weight is 352 g/mol. The number of benzene rings is 1. The number of hydrogen-bond acceptors (Lipinski definition) is 3. The van der Waals surface area contributed by atoms with Gasteiger partial charge < -0.3 is 15.5 Å². The number of rotatable bonds is 6. The quantitative estimate of drug-likeness (QED) is 0.839. The van der Waals surface area contributed by atoms with E-state index >= 15 is 0 Å². The maximum absolute atomic E-state index is 12.1. The number of nitrogens with one attached hydrogen (secondary N) is 2. The van der Waals surface area contributed by atoms with Gasteiger partial charge in [0.05, 0.1) is 0 Å². The molecule has 26 heavy (non-hydrogen) atoms. The van der Waals surface area contributed by atoms with Crippen LogP contribution in [0.3, 0.4) is 0 Å². The molecule has 0 aliphatic carbocycles. The van der Waals surface area contributed by atoms with E-state index in [0.29, 0.717) is 13.0 Å². The summed E-state index contributed by atoms with van der Waals surface area (Å²) in [6.45, 7) is 3.24. The first-order valence-electron chi connectivity index (χ1n) is 8.93. The van der Waals surface area contributed by atoms with Crippen LogP contribution in [0, 0.1) is 0 Å². The van der Waals surface area contributed by atoms with E-state index < -0.39 is 0 Å². The van der Waals surface area contributed by atoms with Crippen LogP contribution in [-0.2, 0) is 11.2 Å². The fraction of sp³-hybridized carbons (Fsp3) is 0.350. The van der Waals surface area contributed by atoms with Gasteiger partial charge in [-0.1, -0.05) is 12.1 Å². The maximum Gasteiger partial charge on any atom is 0.319 e. The van der Waals surface area contributed by atoms with Gasteiger partial charge in [0.1, 0.15) is 0 Å². The normalized spacial score (nSPS) is 15.0. The maximum atomic E-state index is 12.1. The summed E-state index contributed by atoms with van der Waals surface area (Å²) in [4.78, 5) is 29.6. The van der Waals surface area contributed by atoms with Gasteiger partial charge in [0.15, 0.2) is 0 Å². The summed E-state index contributed by atoms with van der Waals surface area (Å²) < 4.78 is 0. The van der Waals surface area contributed by atoms with Crippen LogP contribution in [0.25, 0.3) is 0 Å². The zero-order valence-electron chi connectivity index (χ0n) is 14.9. The molecule has 3 rings (SSSR count). The van der Waals surface area contributed by atoms with Crippen LogP contribution in [-0.4, -0.2) is 41.0 Å². The number of pyridine rings is 1. The summed E-state index contributed by atoms with van der Waals surface area (Å²) in [6.07, 6.45) is 5.92. The largest absolute Gasteiger partial charge is 0.341 e. The molecule has 0 spiro atoms. The molecular formula is C20H24N4O2. The Morgan fingerprint density at radius 3 is 2.50 bits per heavy atom. The topological polar surface area (TPSA) is 74.3 Å². The minimum Gasteiger partial charge on any atom is -0.341 e. The molecule has 6 nitrogen and oxygen atoms in total. The van der Waals surface area contributed by atoms with E-state index in [2.05, 4.69) is 15.6 Å². The van der Waals surface area contributed by atoms with Crippen molar-refractivity contribution in [2.75, 3.05) is 18.4 Å². The fourth-order valence-electron chi connectivity index (χ4n) is 3.11. The van der Waals surface area contributed by atoms with E-state index in [4.69, 9.17) is 0 Å². The van der Waals surface area contributed by atoms with Crippen LogP contribution in [0.5, 0.6) is 0 Å². The molecule has 1 aliphatic heterocycles. The molecule has 6 heteroatoms. The smallest absolute Gasteiger partial charge is 0.319 e. The summed E-state index contributed by atoms with van der Waals surface area (Å²) in [7, 11) is 0. The predicted octanol–water partition coefficient (Wildman–Crippen LogP) is 2.80. The standard InChI is InChI=1S/C20H24N4O2/c1-15(14-24-12-2-3-19(24)25)22-20(26)23-18-6-4-16(5-7-18)13-17-8-10-21-11-9-17/h4-11,15H,2-3,12-14H2,1H3,(H2,22,23,26)/t15-/m0/s1. The van der Waals surface area contributed by atoms with Crippen molar-refractivity contribution in [3.63, 3.8) is 0 Å². The lowest BCUT2D eigenvalue weighted by molar-refractivity contribution is -0.127. The van der Waals surface area contributed by atoms with Crippen LogP contribution in [0.2, 0.25) is 0 Å². The Balaban J connectivity index is 1.47. The van der Waals surface area contributed by atoms with Gasteiger partial charge in [0.2, 0.25) is 5.91 Å². The van der Waals surface area contributed by atoms with Gasteiger partial charge >= 0.3 is 6.03 Å². The summed E-state index contributed by atoms with van der Waals surface area (Å²) in [6, 6.07) is 11.4. The van der Waals surface area contributed by atoms with Crippen LogP contribution < -0.4 is 10.6 Å². The van der Waals surface area contributed by atoms with E-state index in [1.54, 1.807) is 17.3 Å². The molecule has 1 aromatic heterocycles. The molecule has 0 bridgehead atoms. The fourth-order valence-corrected chi connectivity index (χ4v) is 3.11. The molecule has 1 aliphatic rings. The van der Waals surface area contributed by atoms with Gasteiger partial charge in [-0.3, -0.25) is 9.78 Å². The predicted molar refractivity (Wildman–Crippen MR) is 101 cm³/mol. The van der Waals surface area contributed by atoms with Gasteiger partial charge in [-0.25, -0.2) is 4.79 Å². The van der Waals surface area contributed by atoms with E-state index in [0.717, 1.165) is 25.1 Å². The monoisotopic (exact) mass is 352 g/mol. The summed E-state index contributed by atoms with van der Waals surface area (Å²) in [5, 5.41) is 5.72. The van der Waals surface area contributed by atoms with Crippen molar-refractivity contribution in [3.8, 4) is 0 Å². The van der Waals surface area contributed by atoms with E-state index in [1.807, 2.05) is 43.3 Å². The third-order valence-corrected chi connectivity index (χ3v) is 4.41. The van der Waals surface area contributed by atoms with E-state index in [1.165, 1.54) is 11.1 Å². The van der Waals surface area contributed by atoms with E-state index in [9.17, 15) is 9.59 Å². The van der Waals surface area contributed by atoms with Crippen molar-refractivity contribution in [2.24, 2.45) is 0 Å². The SMILES string of the molecule is C[C@@H](CN1CCCC1=O)NC(=O)Nc1ccc(Cc2ccncc2)cc1. The highest BCUT2D eigenvalue weighted by Crippen LogP contribution is 2.13. The van der Waals surface area contributed by atoms with Crippen molar-refractivity contribution in [2.45, 2.75) is 32.2 Å². The first-order chi connectivity index (χ1) is 12.6. The van der Waals surface area contributed by atoms with Crippen molar-refractivity contribution < 1.29 is 9.59 Å². The molecule has 2 heterocycles. The lowest BCUT2D eigenvalue weighted by Crippen LogP contribution is -2.44. The number of hydrogen-bond donors (Lipinski definition) is 2. The van der Waals surface area contributed by atoms with Crippen molar-refractivity contribution in [1.29, 1.82) is 0 Å². The Morgan fingerprint density at radius 1 is 1.15 bits per heavy atom. The van der Waals surface area contributed by atoms with Gasteiger partial charge in [-0.15, -0.1) is 0 Å². The highest BCUT2D eigenvalue weighted by molar-refractivity contribution is 5.89. The Hall–Kier alpha value is -2.89. The average Bonchev–Trinajstić information content (AvgIpc) is 3.02. The molecule has 0 radical (unpaired) electrons. The summed E-state index contributed by atoms with van der Waals surface area (Å²) in [5.74, 6) is 0.170. The third-order valence-electron chi connectivity index (χ3n) is 4.41. The molecule has 2 aromatic rings. The lowest BCUT2D eigenvalue weighted by Gasteiger charge is -2.21. The molecule has 2 N–H and O–H groups in total. The number of aromatic nitrogens is 1. The minimum atomic E-state index is -0.258. The Morgan fingerprint density at radius 2 is 1.85 bits per heavy atom. The number of anilines is 1. The third kappa shape index (κ3) is 5.05. The van der Waals surface area contributed by atoms with Crippen molar-refractivity contribution in [1.82, 2.24) is 15.2 Å². The zero-order chi connectivity index (χ0) is 18.4. The number of nitrogens with zero attached hydrogens (tertiary/aromatic N) is 2. The van der Waals surface area contributed by atoms with Gasteiger partial charge in [-0.05, 0) is 55.2 Å². The highest BCUT2D eigenvalue weighted by atomic mass is 16.2. The Labute approximate surface area is 153 Å². The van der Waals surface area contributed by atoms with Gasteiger partial charge in [0.25, 0.3) is 0 Å². The molecular weight excluding hydrogens is 328 g/mol. The van der Waals surface area contributed by atoms with Crippen molar-refractivity contribution >= 4 is 17.6 Å². The minimum absolute atomic E-state index is 0.0944. The number of urea groups is 1. The number of carbonyl (C=O) groups excluding carboxylic acids is 2. The van der Waals surface area contributed by atoms with Gasteiger partial charge in [0, 0.05) is 43.6 Å². The number of carbonyl (C=O) groups is 2. The van der Waals surface area contributed by atoms with Crippen LogP contribution in [0.15, 0.2) is 48.8 Å². The van der Waals surface area contributed by atoms with Crippen LogP contribution in [0.1, 0.15) is 30.9 Å². The summed E-state index contributed by atoms with van der Waals surface area (Å²) >= 11 is 0. The highest BCUT2D eigenvalue weighted by Gasteiger charge is 2.22. The van der Waals surface area contributed by atoms with E-state index in [-0.39, 0.29) is 18.0 Å². The Bertz CT molecular complexity index is 746.